The smallest absolute Gasteiger partial charge is 0.128 e. The quantitative estimate of drug-likeness (QED) is 0.512. The van der Waals surface area contributed by atoms with Crippen LogP contribution in [0, 0.1) is 18.7 Å². The summed E-state index contributed by atoms with van der Waals surface area (Å²) in [5, 5.41) is 0.157. The zero-order valence-corrected chi connectivity index (χ0v) is 15.7. The Kier molecular flexibility index (Phi) is 4.01. The highest BCUT2D eigenvalue weighted by molar-refractivity contribution is 7.99. The van der Waals surface area contributed by atoms with Crippen molar-refractivity contribution < 1.29 is 9.13 Å². The van der Waals surface area contributed by atoms with Crippen LogP contribution >= 0.6 is 11.8 Å². The molecule has 0 spiro atoms. The average molecular weight is 375 g/mol. The number of aryl methyl sites for hydroxylation is 1. The minimum atomic E-state index is -0.266. The van der Waals surface area contributed by atoms with Gasteiger partial charge in [-0.25, -0.2) is 4.39 Å². The highest BCUT2D eigenvalue weighted by Crippen LogP contribution is 2.50. The number of aliphatic imine (C=N–C) groups is 1. The number of halogens is 1. The van der Waals surface area contributed by atoms with Crippen molar-refractivity contribution in [2.45, 2.75) is 17.1 Å². The predicted octanol–water partition coefficient (Wildman–Crippen LogP) is 6.11. The monoisotopic (exact) mass is 375 g/mol. The van der Waals surface area contributed by atoms with Gasteiger partial charge in [-0.3, -0.25) is 4.99 Å². The lowest BCUT2D eigenvalue weighted by atomic mass is 9.88. The van der Waals surface area contributed by atoms with E-state index in [1.807, 2.05) is 30.0 Å². The van der Waals surface area contributed by atoms with Gasteiger partial charge in [0.2, 0.25) is 0 Å². The van der Waals surface area contributed by atoms with Crippen LogP contribution < -0.4 is 4.74 Å². The number of hydrogen-bond donors (Lipinski definition) is 0. The van der Waals surface area contributed by atoms with Gasteiger partial charge in [0.25, 0.3) is 0 Å². The summed E-state index contributed by atoms with van der Waals surface area (Å²) in [6.45, 7) is 2.63. The average Bonchev–Trinajstić information content (AvgIpc) is 2.85. The van der Waals surface area contributed by atoms with E-state index in [9.17, 15) is 4.39 Å². The minimum Gasteiger partial charge on any atom is -0.492 e. The fraction of sp³-hybridized carbons (Fsp3) is 0.174. The third kappa shape index (κ3) is 2.94. The Bertz CT molecular complexity index is 1040. The van der Waals surface area contributed by atoms with Gasteiger partial charge in [-0.1, -0.05) is 42.0 Å². The second-order valence-corrected chi connectivity index (χ2v) is 8.16. The summed E-state index contributed by atoms with van der Waals surface area (Å²) >= 11 is 1.81. The molecule has 0 amide bonds. The molecule has 0 aromatic heterocycles. The molecule has 2 heterocycles. The van der Waals surface area contributed by atoms with Crippen LogP contribution in [0.2, 0.25) is 0 Å². The van der Waals surface area contributed by atoms with Gasteiger partial charge < -0.3 is 4.74 Å². The van der Waals surface area contributed by atoms with Gasteiger partial charge in [0.05, 0.1) is 23.9 Å². The van der Waals surface area contributed by atoms with Crippen LogP contribution in [0.1, 0.15) is 21.9 Å². The molecule has 4 heteroatoms. The normalized spacial score (nSPS) is 20.4. The van der Waals surface area contributed by atoms with E-state index in [4.69, 9.17) is 9.73 Å². The Morgan fingerprint density at radius 1 is 1.04 bits per heavy atom. The molecule has 2 atom stereocenters. The summed E-state index contributed by atoms with van der Waals surface area (Å²) in [5.74, 6) is 0.496. The van der Waals surface area contributed by atoms with Crippen LogP contribution in [-0.2, 0) is 0 Å². The number of rotatable bonds is 1. The predicted molar refractivity (Wildman–Crippen MR) is 108 cm³/mol. The van der Waals surface area contributed by atoms with Crippen LogP contribution in [0.25, 0.3) is 0 Å². The van der Waals surface area contributed by atoms with Crippen LogP contribution in [0.15, 0.2) is 76.6 Å². The van der Waals surface area contributed by atoms with E-state index in [0.717, 1.165) is 21.9 Å². The van der Waals surface area contributed by atoms with Crippen molar-refractivity contribution >= 4 is 23.2 Å². The number of hydrogen-bond acceptors (Lipinski definition) is 3. The summed E-state index contributed by atoms with van der Waals surface area (Å²) < 4.78 is 20.0. The Balaban J connectivity index is 1.71. The van der Waals surface area contributed by atoms with Crippen LogP contribution in [0.3, 0.4) is 0 Å². The Labute approximate surface area is 162 Å². The number of nitrogens with zero attached hydrogens (tertiary/aromatic N) is 1. The molecule has 0 bridgehead atoms. The fourth-order valence-corrected chi connectivity index (χ4v) is 5.04. The van der Waals surface area contributed by atoms with Crippen molar-refractivity contribution in [2.24, 2.45) is 10.9 Å². The third-order valence-electron chi connectivity index (χ3n) is 5.12. The van der Waals surface area contributed by atoms with Crippen molar-refractivity contribution in [2.75, 3.05) is 6.61 Å². The molecule has 5 rings (SSSR count). The molecule has 0 N–H and O–H groups in total. The number of para-hydroxylation sites is 1. The first-order valence-electron chi connectivity index (χ1n) is 9.02. The molecule has 0 saturated carbocycles. The molecule has 3 aromatic rings. The largest absolute Gasteiger partial charge is 0.492 e. The van der Waals surface area contributed by atoms with Gasteiger partial charge in [0, 0.05) is 15.7 Å². The van der Waals surface area contributed by atoms with Gasteiger partial charge >= 0.3 is 0 Å². The zero-order valence-electron chi connectivity index (χ0n) is 14.9. The molecule has 0 fully saturated rings. The molecular formula is C23H18FNOS. The molecular weight excluding hydrogens is 357 g/mol. The van der Waals surface area contributed by atoms with Gasteiger partial charge in [0.15, 0.2) is 0 Å². The molecule has 27 heavy (non-hydrogen) atoms. The van der Waals surface area contributed by atoms with E-state index in [1.165, 1.54) is 17.2 Å². The van der Waals surface area contributed by atoms with Crippen LogP contribution in [0.5, 0.6) is 5.75 Å². The molecule has 2 aliphatic rings. The summed E-state index contributed by atoms with van der Waals surface area (Å²) in [6.07, 6.45) is 0. The number of fused-ring (bicyclic) bond motifs is 4. The number of thioether (sulfide) groups is 1. The SMILES string of the molecule is Cc1ccc([C@@H]2Sc3ccccc3N=C3c4cc(F)ccc4OC[C@H]32)cc1. The van der Waals surface area contributed by atoms with Gasteiger partial charge in [-0.15, -0.1) is 11.8 Å². The highest BCUT2D eigenvalue weighted by atomic mass is 32.2. The zero-order chi connectivity index (χ0) is 18.4. The molecule has 3 aromatic carbocycles. The first-order chi connectivity index (χ1) is 13.2. The maximum absolute atomic E-state index is 14.0. The molecule has 0 radical (unpaired) electrons. The first-order valence-corrected chi connectivity index (χ1v) is 9.90. The van der Waals surface area contributed by atoms with Gasteiger partial charge in [-0.05, 0) is 42.8 Å². The van der Waals surface area contributed by atoms with Crippen molar-refractivity contribution in [3.05, 3.63) is 89.2 Å². The van der Waals surface area contributed by atoms with Crippen LogP contribution in [-0.4, -0.2) is 12.3 Å². The summed E-state index contributed by atoms with van der Waals surface area (Å²) in [5.41, 5.74) is 5.09. The second-order valence-electron chi connectivity index (χ2n) is 6.97. The summed E-state index contributed by atoms with van der Waals surface area (Å²) in [6, 6.07) is 21.5. The third-order valence-corrected chi connectivity index (χ3v) is 6.57. The fourth-order valence-electron chi connectivity index (χ4n) is 3.71. The molecule has 2 nitrogen and oxygen atoms in total. The van der Waals surface area contributed by atoms with Crippen molar-refractivity contribution in [3.63, 3.8) is 0 Å². The number of ether oxygens (including phenoxy) is 1. The maximum Gasteiger partial charge on any atom is 0.128 e. The van der Waals surface area contributed by atoms with Crippen molar-refractivity contribution in [1.82, 2.24) is 0 Å². The molecule has 0 unspecified atom stereocenters. The summed E-state index contributed by atoms with van der Waals surface area (Å²) in [4.78, 5) is 6.13. The highest BCUT2D eigenvalue weighted by Gasteiger charge is 2.37. The van der Waals surface area contributed by atoms with E-state index in [1.54, 1.807) is 12.1 Å². The standard InChI is InChI=1S/C23H18FNOS/c1-14-6-8-15(9-7-14)23-18-13-26-20-11-10-16(24)12-17(20)22(18)25-19-4-2-3-5-21(19)27-23/h2-12,18,23H,13H2,1H3/t18-,23+/m1/s1. The lowest BCUT2D eigenvalue weighted by Gasteiger charge is -2.31. The Morgan fingerprint density at radius 2 is 1.85 bits per heavy atom. The first kappa shape index (κ1) is 16.6. The molecule has 2 aliphatic heterocycles. The second kappa shape index (κ2) is 6.54. The lowest BCUT2D eigenvalue weighted by Crippen LogP contribution is -2.32. The van der Waals surface area contributed by atoms with E-state index < -0.39 is 0 Å². The van der Waals surface area contributed by atoms with Crippen molar-refractivity contribution in [1.29, 1.82) is 0 Å². The van der Waals surface area contributed by atoms with Crippen molar-refractivity contribution in [3.8, 4) is 5.75 Å². The molecule has 0 aliphatic carbocycles. The van der Waals surface area contributed by atoms with Gasteiger partial charge in [0.1, 0.15) is 11.6 Å². The Morgan fingerprint density at radius 3 is 2.70 bits per heavy atom. The lowest BCUT2D eigenvalue weighted by molar-refractivity contribution is 0.271. The van der Waals surface area contributed by atoms with Gasteiger partial charge in [-0.2, -0.15) is 0 Å². The Hall–Kier alpha value is -2.59. The molecule has 134 valence electrons. The van der Waals surface area contributed by atoms with E-state index in [0.29, 0.717) is 12.4 Å². The number of benzene rings is 3. The van der Waals surface area contributed by atoms with E-state index in [2.05, 4.69) is 37.3 Å². The molecule has 0 saturated heterocycles. The minimum absolute atomic E-state index is 0.0550. The van der Waals surface area contributed by atoms with E-state index in [-0.39, 0.29) is 17.0 Å². The van der Waals surface area contributed by atoms with E-state index >= 15 is 0 Å². The van der Waals surface area contributed by atoms with Crippen LogP contribution in [0.4, 0.5) is 10.1 Å². The summed E-state index contributed by atoms with van der Waals surface area (Å²) in [7, 11) is 0. The topological polar surface area (TPSA) is 21.6 Å². The maximum atomic E-state index is 14.0.